The van der Waals surface area contributed by atoms with Crippen molar-refractivity contribution >= 4 is 17.4 Å². The summed E-state index contributed by atoms with van der Waals surface area (Å²) >= 11 is 1.74. The summed E-state index contributed by atoms with van der Waals surface area (Å²) in [7, 11) is 0. The molecule has 2 N–H and O–H groups in total. The highest BCUT2D eigenvalue weighted by atomic mass is 32.2. The van der Waals surface area contributed by atoms with Crippen LogP contribution in [-0.2, 0) is 0 Å². The predicted molar refractivity (Wildman–Crippen MR) is 61.1 cm³/mol. The monoisotopic (exact) mass is 193 g/mol. The number of anilines is 1. The maximum Gasteiger partial charge on any atom is 0.0455 e. The van der Waals surface area contributed by atoms with Crippen LogP contribution in [-0.4, -0.2) is 5.25 Å². The maximum absolute atomic E-state index is 5.87. The largest absolute Gasteiger partial charge is 0.398 e. The molecule has 0 fully saturated rings. The number of hydrogen-bond donors (Lipinski definition) is 1. The summed E-state index contributed by atoms with van der Waals surface area (Å²) < 4.78 is 0. The van der Waals surface area contributed by atoms with E-state index in [2.05, 4.69) is 25.6 Å². The number of nitrogen functional groups attached to an aromatic ring is 1. The van der Waals surface area contributed by atoms with E-state index < -0.39 is 0 Å². The van der Waals surface area contributed by atoms with Gasteiger partial charge in [0.2, 0.25) is 0 Å². The van der Waals surface area contributed by atoms with E-state index in [0.29, 0.717) is 5.25 Å². The quantitative estimate of drug-likeness (QED) is 0.453. The molecule has 0 saturated carbocycles. The van der Waals surface area contributed by atoms with E-state index in [4.69, 9.17) is 5.73 Å². The van der Waals surface area contributed by atoms with Gasteiger partial charge in [0.25, 0.3) is 0 Å². The maximum atomic E-state index is 5.87. The second kappa shape index (κ2) is 4.38. The van der Waals surface area contributed by atoms with Crippen molar-refractivity contribution in [3.05, 3.63) is 36.4 Å². The van der Waals surface area contributed by atoms with Crippen molar-refractivity contribution in [3.8, 4) is 0 Å². The van der Waals surface area contributed by atoms with Crippen LogP contribution < -0.4 is 5.73 Å². The average Bonchev–Trinajstić information content (AvgIpc) is 2.09. The van der Waals surface area contributed by atoms with Gasteiger partial charge in [-0.3, -0.25) is 0 Å². The van der Waals surface area contributed by atoms with Crippen molar-refractivity contribution in [1.29, 1.82) is 0 Å². The van der Waals surface area contributed by atoms with E-state index in [1.54, 1.807) is 11.8 Å². The standard InChI is InChI=1S/C11H15NS/c1-4-9(3)13-11-6-5-8(2)7-10(11)12/h4-7,9H,1,12H2,2-3H3. The highest BCUT2D eigenvalue weighted by Crippen LogP contribution is 2.29. The number of rotatable bonds is 3. The Kier molecular flexibility index (Phi) is 3.43. The Bertz CT molecular complexity index is 307. The molecule has 1 nitrogen and oxygen atoms in total. The number of nitrogens with two attached hydrogens (primary N) is 1. The van der Waals surface area contributed by atoms with Gasteiger partial charge in [0.1, 0.15) is 0 Å². The van der Waals surface area contributed by atoms with Crippen molar-refractivity contribution in [3.63, 3.8) is 0 Å². The number of aryl methyl sites for hydroxylation is 1. The van der Waals surface area contributed by atoms with Gasteiger partial charge in [0, 0.05) is 15.8 Å². The lowest BCUT2D eigenvalue weighted by atomic mass is 10.2. The first-order valence-corrected chi connectivity index (χ1v) is 5.17. The van der Waals surface area contributed by atoms with Gasteiger partial charge in [0.15, 0.2) is 0 Å². The van der Waals surface area contributed by atoms with Crippen molar-refractivity contribution < 1.29 is 0 Å². The zero-order valence-electron chi connectivity index (χ0n) is 8.08. The topological polar surface area (TPSA) is 26.0 Å². The second-order valence-corrected chi connectivity index (χ2v) is 4.52. The van der Waals surface area contributed by atoms with Crippen LogP contribution >= 0.6 is 11.8 Å². The molecule has 0 saturated heterocycles. The molecule has 2 heteroatoms. The summed E-state index contributed by atoms with van der Waals surface area (Å²) in [6.07, 6.45) is 1.92. The van der Waals surface area contributed by atoms with Crippen LogP contribution in [0.25, 0.3) is 0 Å². The minimum absolute atomic E-state index is 0.407. The molecule has 0 aliphatic carbocycles. The SMILES string of the molecule is C=CC(C)Sc1ccc(C)cc1N. The fourth-order valence-electron chi connectivity index (χ4n) is 1.02. The van der Waals surface area contributed by atoms with E-state index >= 15 is 0 Å². The Labute approximate surface area is 84.0 Å². The molecule has 0 radical (unpaired) electrons. The summed E-state index contributed by atoms with van der Waals surface area (Å²) in [5.74, 6) is 0. The minimum atomic E-state index is 0.407. The Balaban J connectivity index is 2.83. The molecule has 1 aromatic carbocycles. The highest BCUT2D eigenvalue weighted by Gasteiger charge is 2.03. The lowest BCUT2D eigenvalue weighted by Gasteiger charge is -2.08. The first-order valence-electron chi connectivity index (χ1n) is 4.29. The summed E-state index contributed by atoms with van der Waals surface area (Å²) in [5.41, 5.74) is 7.93. The summed E-state index contributed by atoms with van der Waals surface area (Å²) in [4.78, 5) is 1.14. The zero-order valence-corrected chi connectivity index (χ0v) is 8.90. The fourth-order valence-corrected chi connectivity index (χ4v) is 1.86. The fraction of sp³-hybridized carbons (Fsp3) is 0.273. The summed E-state index contributed by atoms with van der Waals surface area (Å²) in [6.45, 7) is 7.89. The Morgan fingerprint density at radius 1 is 1.54 bits per heavy atom. The molecule has 0 spiro atoms. The lowest BCUT2D eigenvalue weighted by Crippen LogP contribution is -1.93. The van der Waals surface area contributed by atoms with Crippen LogP contribution in [0.3, 0.4) is 0 Å². The van der Waals surface area contributed by atoms with Gasteiger partial charge in [-0.05, 0) is 31.5 Å². The average molecular weight is 193 g/mol. The molecule has 1 aromatic rings. The Hall–Kier alpha value is -0.890. The first kappa shape index (κ1) is 10.2. The van der Waals surface area contributed by atoms with Gasteiger partial charge in [-0.25, -0.2) is 0 Å². The van der Waals surface area contributed by atoms with Gasteiger partial charge in [0.05, 0.1) is 0 Å². The molecule has 1 unspecified atom stereocenters. The Morgan fingerprint density at radius 2 is 2.23 bits per heavy atom. The van der Waals surface area contributed by atoms with E-state index in [1.165, 1.54) is 5.56 Å². The van der Waals surface area contributed by atoms with Crippen molar-refractivity contribution in [1.82, 2.24) is 0 Å². The second-order valence-electron chi connectivity index (χ2n) is 3.10. The normalized spacial score (nSPS) is 12.5. The molecule has 1 rings (SSSR count). The summed E-state index contributed by atoms with van der Waals surface area (Å²) in [5, 5.41) is 0.407. The van der Waals surface area contributed by atoms with Gasteiger partial charge >= 0.3 is 0 Å². The van der Waals surface area contributed by atoms with Gasteiger partial charge in [-0.15, -0.1) is 18.3 Å². The first-order chi connectivity index (χ1) is 6.13. The van der Waals surface area contributed by atoms with Gasteiger partial charge in [-0.2, -0.15) is 0 Å². The lowest BCUT2D eigenvalue weighted by molar-refractivity contribution is 1.24. The van der Waals surface area contributed by atoms with E-state index in [1.807, 2.05) is 19.1 Å². The minimum Gasteiger partial charge on any atom is -0.398 e. The molecule has 0 aliphatic heterocycles. The molecule has 0 bridgehead atoms. The van der Waals surface area contributed by atoms with Gasteiger partial charge < -0.3 is 5.73 Å². The third kappa shape index (κ3) is 2.81. The predicted octanol–water partition coefficient (Wildman–Crippen LogP) is 3.24. The molecule has 70 valence electrons. The van der Waals surface area contributed by atoms with Gasteiger partial charge in [-0.1, -0.05) is 12.1 Å². The van der Waals surface area contributed by atoms with Crippen LogP contribution in [0.4, 0.5) is 5.69 Å². The van der Waals surface area contributed by atoms with Crippen molar-refractivity contribution in [2.24, 2.45) is 0 Å². The van der Waals surface area contributed by atoms with Crippen molar-refractivity contribution in [2.45, 2.75) is 24.0 Å². The molecule has 0 aromatic heterocycles. The van der Waals surface area contributed by atoms with Crippen LogP contribution in [0.5, 0.6) is 0 Å². The molecular weight excluding hydrogens is 178 g/mol. The van der Waals surface area contributed by atoms with Crippen LogP contribution in [0.1, 0.15) is 12.5 Å². The number of benzene rings is 1. The van der Waals surface area contributed by atoms with E-state index in [9.17, 15) is 0 Å². The third-order valence-electron chi connectivity index (χ3n) is 1.81. The molecule has 0 amide bonds. The highest BCUT2D eigenvalue weighted by molar-refractivity contribution is 8.00. The van der Waals surface area contributed by atoms with E-state index in [0.717, 1.165) is 10.6 Å². The van der Waals surface area contributed by atoms with Crippen LogP contribution in [0.15, 0.2) is 35.7 Å². The molecular formula is C11H15NS. The molecule has 0 aliphatic rings. The smallest absolute Gasteiger partial charge is 0.0455 e. The number of hydrogen-bond acceptors (Lipinski definition) is 2. The zero-order chi connectivity index (χ0) is 9.84. The van der Waals surface area contributed by atoms with Crippen LogP contribution in [0.2, 0.25) is 0 Å². The third-order valence-corrected chi connectivity index (χ3v) is 3.00. The van der Waals surface area contributed by atoms with E-state index in [-0.39, 0.29) is 0 Å². The number of thioether (sulfide) groups is 1. The van der Waals surface area contributed by atoms with Crippen LogP contribution in [0, 0.1) is 6.92 Å². The Morgan fingerprint density at radius 3 is 2.77 bits per heavy atom. The summed E-state index contributed by atoms with van der Waals surface area (Å²) in [6, 6.07) is 6.14. The molecule has 1 atom stereocenters. The van der Waals surface area contributed by atoms with Crippen molar-refractivity contribution in [2.75, 3.05) is 5.73 Å². The molecule has 0 heterocycles. The molecule has 13 heavy (non-hydrogen) atoms.